The number of ketones is 1. The van der Waals surface area contributed by atoms with Crippen molar-refractivity contribution in [1.29, 1.82) is 5.26 Å². The first-order valence-corrected chi connectivity index (χ1v) is 19.3. The largest absolute Gasteiger partial charge is 0.460 e. The maximum atomic E-state index is 13.8. The van der Waals surface area contributed by atoms with E-state index in [4.69, 9.17) is 9.47 Å². The average molecular weight is 739 g/mol. The first-order valence-electron chi connectivity index (χ1n) is 17.8. The summed E-state index contributed by atoms with van der Waals surface area (Å²) in [6, 6.07) is 23.4. The summed E-state index contributed by atoms with van der Waals surface area (Å²) in [6.45, 7) is 6.46. The van der Waals surface area contributed by atoms with Crippen molar-refractivity contribution in [2.75, 3.05) is 12.4 Å². The van der Waals surface area contributed by atoms with Crippen LogP contribution in [0.1, 0.15) is 69.6 Å². The lowest BCUT2D eigenvalue weighted by molar-refractivity contribution is -0.156. The van der Waals surface area contributed by atoms with Crippen molar-refractivity contribution in [3.8, 4) is 17.2 Å². The Labute approximate surface area is 312 Å². The van der Waals surface area contributed by atoms with Gasteiger partial charge in [0.25, 0.3) is 0 Å². The van der Waals surface area contributed by atoms with Crippen molar-refractivity contribution in [2.24, 2.45) is 0 Å². The molecule has 1 aliphatic carbocycles. The van der Waals surface area contributed by atoms with E-state index in [1.54, 1.807) is 20.8 Å². The number of ether oxygens (including phenoxy) is 2. The summed E-state index contributed by atoms with van der Waals surface area (Å²) in [7, 11) is -0.511. The molecule has 1 aliphatic heterocycles. The van der Waals surface area contributed by atoms with Crippen LogP contribution in [0.5, 0.6) is 0 Å². The summed E-state index contributed by atoms with van der Waals surface area (Å²) >= 11 is 0. The molecule has 3 aromatic rings. The predicted octanol–water partition coefficient (Wildman–Crippen LogP) is 5.18. The number of hydrogen-bond donors (Lipinski definition) is 3. The van der Waals surface area contributed by atoms with Gasteiger partial charge in [-0.15, -0.1) is 0 Å². The van der Waals surface area contributed by atoms with E-state index in [1.807, 2.05) is 84.2 Å². The summed E-state index contributed by atoms with van der Waals surface area (Å²) in [5.41, 5.74) is 4.07. The van der Waals surface area contributed by atoms with E-state index in [2.05, 4.69) is 22.0 Å². The van der Waals surface area contributed by atoms with Crippen LogP contribution in [0.15, 0.2) is 78.9 Å². The lowest BCUT2D eigenvalue weighted by atomic mass is 9.98. The minimum absolute atomic E-state index is 0.0147. The number of nitrogens with zero attached hydrogens (tertiary/aromatic N) is 1. The first kappa shape index (κ1) is 38.9. The second-order valence-corrected chi connectivity index (χ2v) is 16.3. The zero-order valence-corrected chi connectivity index (χ0v) is 31.2. The van der Waals surface area contributed by atoms with E-state index in [1.165, 1.54) is 6.92 Å². The van der Waals surface area contributed by atoms with E-state index in [9.17, 15) is 29.2 Å². The van der Waals surface area contributed by atoms with Gasteiger partial charge in [-0.25, -0.2) is 4.79 Å². The van der Waals surface area contributed by atoms with Crippen molar-refractivity contribution in [2.45, 2.75) is 88.3 Å². The Morgan fingerprint density at radius 3 is 2.06 bits per heavy atom. The molecule has 12 heteroatoms. The van der Waals surface area contributed by atoms with E-state index < -0.39 is 69.8 Å². The van der Waals surface area contributed by atoms with Crippen LogP contribution < -0.4 is 16.0 Å². The Morgan fingerprint density at radius 2 is 1.47 bits per heavy atom. The quantitative estimate of drug-likeness (QED) is 0.150. The fourth-order valence-corrected chi connectivity index (χ4v) is 8.70. The number of carbonyl (C=O) groups is 5. The van der Waals surface area contributed by atoms with E-state index in [-0.39, 0.29) is 24.7 Å². The monoisotopic (exact) mass is 738 g/mol. The molecule has 5 atom stereocenters. The fourth-order valence-electron chi connectivity index (χ4n) is 6.54. The number of rotatable bonds is 14. The lowest BCUT2D eigenvalue weighted by Gasteiger charge is -2.25. The highest BCUT2D eigenvalue weighted by atomic mass is 32.2. The molecule has 0 spiro atoms. The number of hydrogen-bond acceptors (Lipinski definition) is 8. The molecule has 0 fully saturated rings. The first-order chi connectivity index (χ1) is 25.3. The van der Waals surface area contributed by atoms with E-state index >= 15 is 0 Å². The van der Waals surface area contributed by atoms with Crippen molar-refractivity contribution in [3.63, 3.8) is 0 Å². The number of nitriles is 1. The van der Waals surface area contributed by atoms with Crippen LogP contribution >= 0.6 is 10.5 Å². The highest BCUT2D eigenvalue weighted by Crippen LogP contribution is 2.44. The number of esters is 1. The van der Waals surface area contributed by atoms with Crippen LogP contribution in [0.2, 0.25) is 0 Å². The van der Waals surface area contributed by atoms with Gasteiger partial charge in [-0.05, 0) is 80.5 Å². The van der Waals surface area contributed by atoms with Gasteiger partial charge in [-0.2, -0.15) is 15.7 Å². The summed E-state index contributed by atoms with van der Waals surface area (Å²) < 4.78 is 11.1. The molecule has 0 bridgehead atoms. The van der Waals surface area contributed by atoms with Crippen LogP contribution in [0.4, 0.5) is 4.79 Å². The van der Waals surface area contributed by atoms with Crippen LogP contribution in [-0.4, -0.2) is 76.4 Å². The molecule has 11 nitrogen and oxygen atoms in total. The molecule has 3 N–H and O–H groups in total. The third-order valence-corrected chi connectivity index (χ3v) is 11.4. The van der Waals surface area contributed by atoms with E-state index in [0.29, 0.717) is 0 Å². The second-order valence-electron chi connectivity index (χ2n) is 14.2. The number of alkyl carbamates (subject to hydrolysis) is 1. The number of amides is 3. The van der Waals surface area contributed by atoms with Gasteiger partial charge in [0, 0.05) is 5.92 Å². The lowest BCUT2D eigenvalue weighted by Crippen LogP contribution is -2.56. The molecule has 3 amide bonds. The van der Waals surface area contributed by atoms with Crippen molar-refractivity contribution < 1.29 is 33.4 Å². The van der Waals surface area contributed by atoms with Crippen LogP contribution in [0.25, 0.3) is 11.1 Å². The topological polar surface area (TPSA) is 164 Å². The third kappa shape index (κ3) is 10.2. The number of benzene rings is 3. The molecule has 5 rings (SSSR count). The normalized spacial score (nSPS) is 17.0. The average Bonchev–Trinajstić information content (AvgIpc) is 3.77. The highest BCUT2D eigenvalue weighted by Gasteiger charge is 2.35. The zero-order chi connectivity index (χ0) is 38.1. The SMILES string of the molecule is C[C@H](NC(=O)[C@H](CC(=O)OC(C)(C)C)NC(=O)OCC1c2ccccc2-c2ccccc21)C(=O)N[C@@H](Cc1ccccc1)C(=O)C(C#N)S1=CCCC1. The Bertz CT molecular complexity index is 1870. The molecule has 2 aliphatic rings. The highest BCUT2D eigenvalue weighted by molar-refractivity contribution is 8.16. The molecule has 1 heterocycles. The van der Waals surface area contributed by atoms with Gasteiger partial charge in [0.1, 0.15) is 29.5 Å². The number of carbonyl (C=O) groups excluding carboxylic acids is 5. The molecular weight excluding hydrogens is 693 g/mol. The second kappa shape index (κ2) is 17.5. The third-order valence-electron chi connectivity index (χ3n) is 9.03. The summed E-state index contributed by atoms with van der Waals surface area (Å²) in [5.74, 6) is -2.10. The van der Waals surface area contributed by atoms with Crippen molar-refractivity contribution in [1.82, 2.24) is 16.0 Å². The van der Waals surface area contributed by atoms with Crippen molar-refractivity contribution >= 4 is 45.5 Å². The Balaban J connectivity index is 1.27. The summed E-state index contributed by atoms with van der Waals surface area (Å²) in [6.07, 6.45) is 0.447. The van der Waals surface area contributed by atoms with Gasteiger partial charge in [-0.1, -0.05) is 84.2 Å². The number of fused-ring (bicyclic) bond motifs is 3. The molecule has 3 aromatic carbocycles. The standard InChI is InChI=1S/C41H46N4O7S/c1-26(38(48)44-33(22-27-14-6-5-7-15-27)37(47)35(24-42)53-20-12-13-21-53)43-39(49)34(23-36(46)52-41(2,3)4)45-40(50)51-25-32-30-18-10-8-16-28(30)29-17-9-11-19-31(29)32/h5-11,14-20,26,32-35H,12-13,21-23,25H2,1-4H3,(H,43,49)(H,44,48)(H,45,50)/t26-,33-,34-,35?,53?/m0/s1. The molecule has 0 aromatic heterocycles. The Morgan fingerprint density at radius 1 is 0.849 bits per heavy atom. The molecule has 0 radical (unpaired) electrons. The molecule has 2 unspecified atom stereocenters. The Hall–Kier alpha value is -5.28. The fraction of sp³-hybridized carbons (Fsp3) is 0.390. The Kier molecular flexibility index (Phi) is 12.9. The van der Waals surface area contributed by atoms with Crippen LogP contribution in [-0.2, 0) is 35.1 Å². The summed E-state index contributed by atoms with van der Waals surface area (Å²) in [4.78, 5) is 67.0. The van der Waals surface area contributed by atoms with Crippen molar-refractivity contribution in [3.05, 3.63) is 95.6 Å². The van der Waals surface area contributed by atoms with Gasteiger partial charge in [0.05, 0.1) is 18.5 Å². The minimum Gasteiger partial charge on any atom is -0.460 e. The molecule has 53 heavy (non-hydrogen) atoms. The van der Waals surface area contributed by atoms with Crippen LogP contribution in [0.3, 0.4) is 0 Å². The molecule has 278 valence electrons. The number of nitrogens with one attached hydrogen (secondary N) is 3. The maximum absolute atomic E-state index is 13.8. The smallest absolute Gasteiger partial charge is 0.407 e. The van der Waals surface area contributed by atoms with Gasteiger partial charge in [0.2, 0.25) is 11.8 Å². The van der Waals surface area contributed by atoms with Gasteiger partial charge >= 0.3 is 12.1 Å². The van der Waals surface area contributed by atoms with E-state index in [0.717, 1.165) is 46.4 Å². The number of Topliss-reactive ketones (excluding diaryl/α,β-unsaturated/α-hetero) is 1. The molecule has 0 saturated carbocycles. The van der Waals surface area contributed by atoms with Gasteiger partial charge in [0.15, 0.2) is 5.78 Å². The summed E-state index contributed by atoms with van der Waals surface area (Å²) in [5, 5.41) is 18.9. The van der Waals surface area contributed by atoms with Crippen LogP contribution in [0, 0.1) is 11.3 Å². The maximum Gasteiger partial charge on any atom is 0.407 e. The zero-order valence-electron chi connectivity index (χ0n) is 30.4. The van der Waals surface area contributed by atoms with Gasteiger partial charge < -0.3 is 25.4 Å². The molecular formula is C41H46N4O7S. The minimum atomic E-state index is -1.44. The van der Waals surface area contributed by atoms with Gasteiger partial charge in [-0.3, -0.25) is 19.2 Å². The molecule has 0 saturated heterocycles. The predicted molar refractivity (Wildman–Crippen MR) is 204 cm³/mol.